The summed E-state index contributed by atoms with van der Waals surface area (Å²) in [6.07, 6.45) is 18.4. The molecule has 0 rings (SSSR count). The van der Waals surface area contributed by atoms with Crippen molar-refractivity contribution in [2.24, 2.45) is 0 Å². The van der Waals surface area contributed by atoms with Crippen LogP contribution in [0.25, 0.3) is 0 Å². The smallest absolute Gasteiger partial charge is 0.00825 e. The van der Waals surface area contributed by atoms with Crippen LogP contribution in [0.1, 0.15) is 71.1 Å². The van der Waals surface area contributed by atoms with Crippen LogP contribution < -0.4 is 0 Å². The van der Waals surface area contributed by atoms with Gasteiger partial charge in [0.15, 0.2) is 0 Å². The van der Waals surface area contributed by atoms with Crippen molar-refractivity contribution >= 4 is 12.6 Å². The normalized spacial score (nSPS) is 11.3. The second kappa shape index (κ2) is 14.1. The van der Waals surface area contributed by atoms with Crippen LogP contribution in [-0.2, 0) is 0 Å². The zero-order valence-electron chi connectivity index (χ0n) is 10.4. The fraction of sp³-hybridized carbons (Fsp3) is 0.857. The first-order chi connectivity index (χ1) is 7.41. The number of unbranched alkanes of at least 4 members (excludes halogenated alkanes) is 9. The maximum Gasteiger partial charge on any atom is 0.00825 e. The largest absolute Gasteiger partial charge is 0.175 e. The van der Waals surface area contributed by atoms with Gasteiger partial charge in [0.25, 0.3) is 0 Å². The molecule has 0 spiro atoms. The zero-order valence-corrected chi connectivity index (χ0v) is 11.3. The van der Waals surface area contributed by atoms with E-state index in [4.69, 9.17) is 0 Å². The molecule has 15 heavy (non-hydrogen) atoms. The zero-order chi connectivity index (χ0) is 11.2. The highest BCUT2D eigenvalue weighted by molar-refractivity contribution is 7.80. The van der Waals surface area contributed by atoms with E-state index in [1.165, 1.54) is 64.2 Å². The fourth-order valence-corrected chi connectivity index (χ4v) is 1.91. The van der Waals surface area contributed by atoms with Gasteiger partial charge >= 0.3 is 0 Å². The van der Waals surface area contributed by atoms with E-state index in [-0.39, 0.29) is 0 Å². The van der Waals surface area contributed by atoms with Crippen molar-refractivity contribution in [3.8, 4) is 0 Å². The molecule has 0 aromatic heterocycles. The maximum atomic E-state index is 4.13. The third-order valence-corrected chi connectivity index (χ3v) is 2.96. The molecule has 90 valence electrons. The van der Waals surface area contributed by atoms with Crippen molar-refractivity contribution in [2.75, 3.05) is 5.75 Å². The number of rotatable bonds is 11. The topological polar surface area (TPSA) is 0 Å². The second-order valence-corrected chi connectivity index (χ2v) is 4.64. The third kappa shape index (κ3) is 14.1. The lowest BCUT2D eigenvalue weighted by molar-refractivity contribution is 0.566. The van der Waals surface area contributed by atoms with Gasteiger partial charge in [0.1, 0.15) is 0 Å². The van der Waals surface area contributed by atoms with Gasteiger partial charge in [0.05, 0.1) is 0 Å². The van der Waals surface area contributed by atoms with Crippen LogP contribution in [0.4, 0.5) is 0 Å². The molecule has 0 unspecified atom stereocenters. The van der Waals surface area contributed by atoms with Crippen molar-refractivity contribution in [3.63, 3.8) is 0 Å². The van der Waals surface area contributed by atoms with Crippen LogP contribution in [0.15, 0.2) is 12.2 Å². The number of hydrogen-bond donors (Lipinski definition) is 1. The Morgan fingerprint density at radius 1 is 0.733 bits per heavy atom. The summed E-state index contributed by atoms with van der Waals surface area (Å²) in [5.41, 5.74) is 0. The van der Waals surface area contributed by atoms with Gasteiger partial charge in [-0.3, -0.25) is 0 Å². The summed E-state index contributed by atoms with van der Waals surface area (Å²) in [7, 11) is 0. The molecule has 0 amide bonds. The first kappa shape index (κ1) is 15.1. The molecule has 0 heterocycles. The van der Waals surface area contributed by atoms with E-state index in [1.54, 1.807) is 0 Å². The second-order valence-electron chi connectivity index (χ2n) is 4.27. The molecule has 0 bridgehead atoms. The van der Waals surface area contributed by atoms with Crippen LogP contribution in [0, 0.1) is 0 Å². The first-order valence-corrected chi connectivity index (χ1v) is 7.31. The van der Waals surface area contributed by atoms with E-state index >= 15 is 0 Å². The SMILES string of the molecule is CCCCCCCCCCC/C=C/CS. The third-order valence-electron chi connectivity index (χ3n) is 2.75. The highest BCUT2D eigenvalue weighted by Crippen LogP contribution is 2.10. The highest BCUT2D eigenvalue weighted by atomic mass is 32.1. The fourth-order valence-electron chi connectivity index (χ4n) is 1.77. The summed E-state index contributed by atoms with van der Waals surface area (Å²) in [6.45, 7) is 2.28. The van der Waals surface area contributed by atoms with Crippen LogP contribution in [0.3, 0.4) is 0 Å². The lowest BCUT2D eigenvalue weighted by Gasteiger charge is -2.00. The Morgan fingerprint density at radius 3 is 1.80 bits per heavy atom. The minimum absolute atomic E-state index is 0.886. The van der Waals surface area contributed by atoms with Gasteiger partial charge < -0.3 is 0 Å². The number of thiol groups is 1. The summed E-state index contributed by atoms with van der Waals surface area (Å²) in [5.74, 6) is 0.886. The summed E-state index contributed by atoms with van der Waals surface area (Å²) in [6, 6.07) is 0. The molecule has 0 aliphatic carbocycles. The molecular formula is C14H28S. The van der Waals surface area contributed by atoms with Crippen LogP contribution in [0.5, 0.6) is 0 Å². The van der Waals surface area contributed by atoms with Crippen LogP contribution in [0.2, 0.25) is 0 Å². The Morgan fingerprint density at radius 2 is 1.27 bits per heavy atom. The first-order valence-electron chi connectivity index (χ1n) is 6.67. The summed E-state index contributed by atoms with van der Waals surface area (Å²) in [5, 5.41) is 0. The maximum absolute atomic E-state index is 4.13. The van der Waals surface area contributed by atoms with Gasteiger partial charge in [0, 0.05) is 5.75 Å². The molecule has 1 heteroatoms. The van der Waals surface area contributed by atoms with Gasteiger partial charge in [0.2, 0.25) is 0 Å². The van der Waals surface area contributed by atoms with E-state index in [0.29, 0.717) is 0 Å². The lowest BCUT2D eigenvalue weighted by atomic mass is 10.1. The molecule has 0 aromatic rings. The molecule has 0 N–H and O–H groups in total. The predicted molar refractivity (Wildman–Crippen MR) is 74.8 cm³/mol. The average Bonchev–Trinajstić information content (AvgIpc) is 2.26. The molecule has 0 atom stereocenters. The molecule has 0 aliphatic heterocycles. The Labute approximate surface area is 102 Å². The molecule has 0 fully saturated rings. The summed E-state index contributed by atoms with van der Waals surface area (Å²) < 4.78 is 0. The standard InChI is InChI=1S/C14H28S/c1-2-3-4-5-6-7-8-9-10-11-12-13-14-15/h12-13,15H,2-11,14H2,1H3/b13-12+. The minimum atomic E-state index is 0.886. The number of hydrogen-bond acceptors (Lipinski definition) is 1. The van der Waals surface area contributed by atoms with Gasteiger partial charge in [-0.15, -0.1) is 0 Å². The quantitative estimate of drug-likeness (QED) is 0.273. The van der Waals surface area contributed by atoms with Gasteiger partial charge in [-0.2, -0.15) is 12.6 Å². The van der Waals surface area contributed by atoms with E-state index in [9.17, 15) is 0 Å². The highest BCUT2D eigenvalue weighted by Gasteiger charge is 1.90. The molecule has 0 aromatic carbocycles. The van der Waals surface area contributed by atoms with Crippen molar-refractivity contribution in [2.45, 2.75) is 71.1 Å². The summed E-state index contributed by atoms with van der Waals surface area (Å²) in [4.78, 5) is 0. The Hall–Kier alpha value is 0.0900. The monoisotopic (exact) mass is 228 g/mol. The molecule has 0 saturated carbocycles. The van der Waals surface area contributed by atoms with Crippen molar-refractivity contribution in [1.82, 2.24) is 0 Å². The Balaban J connectivity index is 2.89. The minimum Gasteiger partial charge on any atom is -0.175 e. The molecule has 0 nitrogen and oxygen atoms in total. The molecule has 0 radical (unpaired) electrons. The number of allylic oxidation sites excluding steroid dienone is 1. The van der Waals surface area contributed by atoms with Crippen LogP contribution in [-0.4, -0.2) is 5.75 Å². The van der Waals surface area contributed by atoms with E-state index in [0.717, 1.165) is 5.75 Å². The van der Waals surface area contributed by atoms with Crippen LogP contribution >= 0.6 is 12.6 Å². The molecule has 0 aliphatic rings. The van der Waals surface area contributed by atoms with Gasteiger partial charge in [-0.1, -0.05) is 70.4 Å². The van der Waals surface area contributed by atoms with Crippen molar-refractivity contribution in [1.29, 1.82) is 0 Å². The molecule has 0 saturated heterocycles. The lowest BCUT2D eigenvalue weighted by Crippen LogP contribution is -1.80. The average molecular weight is 228 g/mol. The van der Waals surface area contributed by atoms with Crippen molar-refractivity contribution < 1.29 is 0 Å². The van der Waals surface area contributed by atoms with Gasteiger partial charge in [-0.25, -0.2) is 0 Å². The van der Waals surface area contributed by atoms with E-state index < -0.39 is 0 Å². The predicted octanol–water partition coefficient (Wildman–Crippen LogP) is 5.39. The molecular weight excluding hydrogens is 200 g/mol. The van der Waals surface area contributed by atoms with E-state index in [2.05, 4.69) is 31.7 Å². The van der Waals surface area contributed by atoms with Crippen molar-refractivity contribution in [3.05, 3.63) is 12.2 Å². The van der Waals surface area contributed by atoms with E-state index in [1.807, 2.05) is 0 Å². The Bertz CT molecular complexity index is 129. The Kier molecular flexibility index (Phi) is 14.2. The van der Waals surface area contributed by atoms with Gasteiger partial charge in [-0.05, 0) is 12.8 Å². The summed E-state index contributed by atoms with van der Waals surface area (Å²) >= 11 is 4.13.